The maximum Gasteiger partial charge on any atom is 0.271 e. The van der Waals surface area contributed by atoms with Crippen LogP contribution in [0.4, 0.5) is 0 Å². The lowest BCUT2D eigenvalue weighted by atomic mass is 10.2. The Morgan fingerprint density at radius 1 is 1.19 bits per heavy atom. The summed E-state index contributed by atoms with van der Waals surface area (Å²) in [5.41, 5.74) is 3.38. The maximum atomic E-state index is 12.4. The van der Waals surface area contributed by atoms with Gasteiger partial charge in [-0.1, -0.05) is 30.3 Å². The molecule has 2 heterocycles. The van der Waals surface area contributed by atoms with Crippen molar-refractivity contribution < 1.29 is 9.53 Å². The van der Waals surface area contributed by atoms with Crippen LogP contribution < -0.4 is 10.1 Å². The van der Waals surface area contributed by atoms with Crippen LogP contribution in [0.2, 0.25) is 0 Å². The molecule has 0 bridgehead atoms. The summed E-state index contributed by atoms with van der Waals surface area (Å²) in [6.45, 7) is 0.426. The molecule has 2 N–H and O–H groups in total. The van der Waals surface area contributed by atoms with Crippen LogP contribution in [0, 0.1) is 0 Å². The molecule has 6 heteroatoms. The fraction of sp³-hybridized carbons (Fsp3) is 0.100. The summed E-state index contributed by atoms with van der Waals surface area (Å²) in [6, 6.07) is 17.7. The molecule has 4 rings (SSSR count). The predicted molar refractivity (Wildman–Crippen MR) is 104 cm³/mol. The normalized spacial score (nSPS) is 10.8. The molecule has 130 valence electrons. The van der Waals surface area contributed by atoms with E-state index in [0.717, 1.165) is 32.9 Å². The zero-order chi connectivity index (χ0) is 17.9. The summed E-state index contributed by atoms with van der Waals surface area (Å²) in [7, 11) is 1.62. The number of aromatic amines is 1. The number of thiazole rings is 1. The number of methoxy groups -OCH3 is 1. The number of nitrogens with one attached hydrogen (secondary N) is 2. The Hall–Kier alpha value is -3.12. The minimum atomic E-state index is -0.188. The fourth-order valence-corrected chi connectivity index (χ4v) is 3.52. The molecule has 0 aliphatic rings. The largest absolute Gasteiger partial charge is 0.497 e. The maximum absolute atomic E-state index is 12.4. The topological polar surface area (TPSA) is 67.0 Å². The molecule has 0 saturated carbocycles. The van der Waals surface area contributed by atoms with Crippen molar-refractivity contribution in [2.45, 2.75) is 6.54 Å². The lowest BCUT2D eigenvalue weighted by Crippen LogP contribution is -2.23. The molecular formula is C20H17N3O2S. The molecule has 2 aromatic heterocycles. The molecule has 0 unspecified atom stereocenters. The van der Waals surface area contributed by atoms with E-state index < -0.39 is 0 Å². The number of hydrogen-bond donors (Lipinski definition) is 2. The quantitative estimate of drug-likeness (QED) is 0.558. The second-order valence-electron chi connectivity index (χ2n) is 5.84. The van der Waals surface area contributed by atoms with Crippen molar-refractivity contribution in [3.05, 3.63) is 71.2 Å². The number of hydrogen-bond acceptors (Lipinski definition) is 4. The average molecular weight is 363 g/mol. The Labute approximate surface area is 154 Å². The predicted octanol–water partition coefficient (Wildman–Crippen LogP) is 4.23. The molecule has 2 aromatic carbocycles. The van der Waals surface area contributed by atoms with Crippen molar-refractivity contribution >= 4 is 28.1 Å². The second-order valence-corrected chi connectivity index (χ2v) is 6.70. The summed E-state index contributed by atoms with van der Waals surface area (Å²) in [5, 5.41) is 6.60. The van der Waals surface area contributed by atoms with Gasteiger partial charge in [-0.3, -0.25) is 4.79 Å². The van der Waals surface area contributed by atoms with Gasteiger partial charge in [0, 0.05) is 22.8 Å². The number of fused-ring (bicyclic) bond motifs is 1. The number of aromatic nitrogens is 2. The Morgan fingerprint density at radius 3 is 2.92 bits per heavy atom. The van der Waals surface area contributed by atoms with Gasteiger partial charge in [-0.2, -0.15) is 0 Å². The van der Waals surface area contributed by atoms with Crippen molar-refractivity contribution in [2.75, 3.05) is 7.11 Å². The molecular weight excluding hydrogens is 346 g/mol. The van der Waals surface area contributed by atoms with Crippen LogP contribution in [-0.4, -0.2) is 23.0 Å². The average Bonchev–Trinajstić information content (AvgIpc) is 3.33. The van der Waals surface area contributed by atoms with Crippen LogP contribution in [0.5, 0.6) is 5.75 Å². The number of H-pyrrole nitrogens is 1. The van der Waals surface area contributed by atoms with Gasteiger partial charge in [0.1, 0.15) is 16.5 Å². The van der Waals surface area contributed by atoms with E-state index in [0.29, 0.717) is 12.2 Å². The van der Waals surface area contributed by atoms with Gasteiger partial charge in [-0.15, -0.1) is 11.3 Å². The highest BCUT2D eigenvalue weighted by molar-refractivity contribution is 7.13. The molecule has 5 nitrogen and oxygen atoms in total. The first-order valence-corrected chi connectivity index (χ1v) is 9.06. The van der Waals surface area contributed by atoms with Gasteiger partial charge in [0.15, 0.2) is 0 Å². The third kappa shape index (κ3) is 3.32. The van der Waals surface area contributed by atoms with Crippen LogP contribution >= 0.6 is 11.3 Å². The molecule has 26 heavy (non-hydrogen) atoms. The first-order valence-electron chi connectivity index (χ1n) is 8.18. The summed E-state index contributed by atoms with van der Waals surface area (Å²) in [4.78, 5) is 20.2. The molecule has 4 aromatic rings. The van der Waals surface area contributed by atoms with Crippen molar-refractivity contribution in [3.63, 3.8) is 0 Å². The molecule has 0 fully saturated rings. The Balaban J connectivity index is 1.47. The highest BCUT2D eigenvalue weighted by Crippen LogP contribution is 2.26. The zero-order valence-corrected chi connectivity index (χ0v) is 15.0. The van der Waals surface area contributed by atoms with Gasteiger partial charge in [-0.05, 0) is 29.8 Å². The van der Waals surface area contributed by atoms with Gasteiger partial charge < -0.3 is 15.0 Å². The number of nitrogens with zero attached hydrogens (tertiary/aromatic N) is 1. The second kappa shape index (κ2) is 7.01. The van der Waals surface area contributed by atoms with E-state index in [4.69, 9.17) is 4.74 Å². The summed E-state index contributed by atoms with van der Waals surface area (Å²) in [6.07, 6.45) is 0. The first-order chi connectivity index (χ1) is 12.7. The van der Waals surface area contributed by atoms with Crippen LogP contribution in [0.3, 0.4) is 0 Å². The molecule has 0 spiro atoms. The molecule has 0 aliphatic carbocycles. The number of amides is 1. The van der Waals surface area contributed by atoms with Crippen molar-refractivity contribution in [1.82, 2.24) is 15.3 Å². The van der Waals surface area contributed by atoms with E-state index in [1.165, 1.54) is 11.3 Å². The number of ether oxygens (including phenoxy) is 1. The lowest BCUT2D eigenvalue weighted by Gasteiger charge is -2.05. The highest BCUT2D eigenvalue weighted by atomic mass is 32.1. The summed E-state index contributed by atoms with van der Waals surface area (Å²) >= 11 is 1.45. The number of carbonyl (C=O) groups is 1. The Bertz CT molecular complexity index is 1030. The lowest BCUT2D eigenvalue weighted by molar-refractivity contribution is 0.0946. The van der Waals surface area contributed by atoms with E-state index in [1.54, 1.807) is 12.5 Å². The van der Waals surface area contributed by atoms with Crippen molar-refractivity contribution in [2.24, 2.45) is 0 Å². The molecule has 0 radical (unpaired) electrons. The van der Waals surface area contributed by atoms with E-state index in [-0.39, 0.29) is 5.91 Å². The third-order valence-electron chi connectivity index (χ3n) is 4.08. The SMILES string of the molecule is COc1cccc(CNC(=O)c2csc(-c3cc4ccccc4[nH]3)n2)c1. The van der Waals surface area contributed by atoms with Gasteiger partial charge in [-0.25, -0.2) is 4.98 Å². The standard InChI is InChI=1S/C20H17N3O2S/c1-25-15-7-4-5-13(9-15)11-21-19(24)18-12-26-20(23-18)17-10-14-6-2-3-8-16(14)22-17/h2-10,12,22H,11H2,1H3,(H,21,24). The first kappa shape index (κ1) is 16.4. The van der Waals surface area contributed by atoms with E-state index in [9.17, 15) is 4.79 Å². The highest BCUT2D eigenvalue weighted by Gasteiger charge is 2.13. The van der Waals surface area contributed by atoms with E-state index in [2.05, 4.69) is 15.3 Å². The third-order valence-corrected chi connectivity index (χ3v) is 4.96. The van der Waals surface area contributed by atoms with Crippen molar-refractivity contribution in [1.29, 1.82) is 0 Å². The summed E-state index contributed by atoms with van der Waals surface area (Å²) < 4.78 is 5.20. The molecule has 0 aliphatic heterocycles. The van der Waals surface area contributed by atoms with E-state index in [1.807, 2.05) is 54.6 Å². The Morgan fingerprint density at radius 2 is 2.08 bits per heavy atom. The van der Waals surface area contributed by atoms with Gasteiger partial charge in [0.2, 0.25) is 0 Å². The van der Waals surface area contributed by atoms with Gasteiger partial charge >= 0.3 is 0 Å². The van der Waals surface area contributed by atoms with E-state index >= 15 is 0 Å². The smallest absolute Gasteiger partial charge is 0.271 e. The zero-order valence-electron chi connectivity index (χ0n) is 14.2. The Kier molecular flexibility index (Phi) is 4.41. The number of para-hydroxylation sites is 1. The van der Waals surface area contributed by atoms with Crippen LogP contribution in [0.25, 0.3) is 21.6 Å². The van der Waals surface area contributed by atoms with Crippen LogP contribution in [-0.2, 0) is 6.54 Å². The summed E-state index contributed by atoms with van der Waals surface area (Å²) in [5.74, 6) is 0.581. The minimum Gasteiger partial charge on any atom is -0.497 e. The molecule has 0 atom stereocenters. The van der Waals surface area contributed by atoms with Crippen molar-refractivity contribution in [3.8, 4) is 16.5 Å². The number of benzene rings is 2. The van der Waals surface area contributed by atoms with Crippen LogP contribution in [0.1, 0.15) is 16.1 Å². The fourth-order valence-electron chi connectivity index (χ4n) is 2.75. The van der Waals surface area contributed by atoms with Gasteiger partial charge in [0.05, 0.1) is 12.8 Å². The number of carbonyl (C=O) groups excluding carboxylic acids is 1. The molecule has 0 saturated heterocycles. The van der Waals surface area contributed by atoms with Gasteiger partial charge in [0.25, 0.3) is 5.91 Å². The minimum absolute atomic E-state index is 0.188. The number of rotatable bonds is 5. The molecule has 1 amide bonds. The van der Waals surface area contributed by atoms with Crippen LogP contribution in [0.15, 0.2) is 60.0 Å². The monoisotopic (exact) mass is 363 g/mol.